The van der Waals surface area contributed by atoms with Gasteiger partial charge in [-0.05, 0) is 36.3 Å². The maximum atomic E-state index is 12.6. The fourth-order valence-corrected chi connectivity index (χ4v) is 2.77. The zero-order chi connectivity index (χ0) is 19.6. The van der Waals surface area contributed by atoms with Gasteiger partial charge in [-0.3, -0.25) is 14.5 Å². The van der Waals surface area contributed by atoms with Crippen LogP contribution < -0.4 is 15.8 Å². The van der Waals surface area contributed by atoms with Crippen molar-refractivity contribution in [2.24, 2.45) is 5.73 Å². The number of nitrogens with two attached hydrogens (primary N) is 1. The van der Waals surface area contributed by atoms with Crippen LogP contribution in [0, 0.1) is 0 Å². The summed E-state index contributed by atoms with van der Waals surface area (Å²) in [7, 11) is 0. The molecule has 2 rings (SSSR count). The van der Waals surface area contributed by atoms with Gasteiger partial charge in [-0.25, -0.2) is 0 Å². The lowest BCUT2D eigenvalue weighted by atomic mass is 10.1. The summed E-state index contributed by atoms with van der Waals surface area (Å²) in [4.78, 5) is 25.9. The SMILES string of the molecule is CCN(CC)Cc1ccccc1CNC(=O)c1ccccc1OCC(N)=O. The van der Waals surface area contributed by atoms with Crippen LogP contribution in [-0.4, -0.2) is 36.4 Å². The molecular weight excluding hydrogens is 342 g/mol. The molecule has 0 spiro atoms. The van der Waals surface area contributed by atoms with Crippen LogP contribution in [0.3, 0.4) is 0 Å². The zero-order valence-corrected chi connectivity index (χ0v) is 15.9. The topological polar surface area (TPSA) is 84.7 Å². The molecule has 2 aromatic carbocycles. The Morgan fingerprint density at radius 3 is 2.30 bits per heavy atom. The van der Waals surface area contributed by atoms with Crippen LogP contribution in [-0.2, 0) is 17.9 Å². The Labute approximate surface area is 160 Å². The van der Waals surface area contributed by atoms with Crippen molar-refractivity contribution < 1.29 is 14.3 Å². The van der Waals surface area contributed by atoms with E-state index in [9.17, 15) is 9.59 Å². The van der Waals surface area contributed by atoms with Crippen LogP contribution in [0.15, 0.2) is 48.5 Å². The number of hydrogen-bond acceptors (Lipinski definition) is 4. The van der Waals surface area contributed by atoms with E-state index in [-0.39, 0.29) is 12.5 Å². The third-order valence-electron chi connectivity index (χ3n) is 4.35. The summed E-state index contributed by atoms with van der Waals surface area (Å²) >= 11 is 0. The number of rotatable bonds is 10. The summed E-state index contributed by atoms with van der Waals surface area (Å²) in [5.41, 5.74) is 7.76. The smallest absolute Gasteiger partial charge is 0.255 e. The van der Waals surface area contributed by atoms with E-state index >= 15 is 0 Å². The highest BCUT2D eigenvalue weighted by atomic mass is 16.5. The molecule has 3 N–H and O–H groups in total. The van der Waals surface area contributed by atoms with Crippen molar-refractivity contribution in [1.82, 2.24) is 10.2 Å². The van der Waals surface area contributed by atoms with Crippen molar-refractivity contribution in [2.75, 3.05) is 19.7 Å². The van der Waals surface area contributed by atoms with Crippen molar-refractivity contribution in [1.29, 1.82) is 0 Å². The van der Waals surface area contributed by atoms with Crippen LogP contribution in [0.1, 0.15) is 35.3 Å². The third kappa shape index (κ3) is 6.11. The largest absolute Gasteiger partial charge is 0.483 e. The Morgan fingerprint density at radius 1 is 1.00 bits per heavy atom. The number of ether oxygens (including phenoxy) is 1. The van der Waals surface area contributed by atoms with Gasteiger partial charge in [-0.2, -0.15) is 0 Å². The van der Waals surface area contributed by atoms with Crippen LogP contribution in [0.25, 0.3) is 0 Å². The van der Waals surface area contributed by atoms with Gasteiger partial charge in [0.15, 0.2) is 6.61 Å². The normalized spacial score (nSPS) is 10.6. The van der Waals surface area contributed by atoms with Crippen molar-refractivity contribution in [2.45, 2.75) is 26.9 Å². The maximum absolute atomic E-state index is 12.6. The lowest BCUT2D eigenvalue weighted by Gasteiger charge is -2.20. The Bertz CT molecular complexity index is 773. The monoisotopic (exact) mass is 369 g/mol. The summed E-state index contributed by atoms with van der Waals surface area (Å²) < 4.78 is 5.34. The average Bonchev–Trinajstić information content (AvgIpc) is 2.69. The van der Waals surface area contributed by atoms with Gasteiger partial charge in [0, 0.05) is 13.1 Å². The van der Waals surface area contributed by atoms with Crippen LogP contribution in [0.2, 0.25) is 0 Å². The van der Waals surface area contributed by atoms with Gasteiger partial charge in [0.2, 0.25) is 0 Å². The quantitative estimate of drug-likeness (QED) is 0.673. The maximum Gasteiger partial charge on any atom is 0.255 e. The molecule has 0 aromatic heterocycles. The van der Waals surface area contributed by atoms with Crippen molar-refractivity contribution in [3.63, 3.8) is 0 Å². The molecule has 6 heteroatoms. The number of nitrogens with zero attached hydrogens (tertiary/aromatic N) is 1. The van der Waals surface area contributed by atoms with E-state index in [0.29, 0.717) is 17.9 Å². The molecule has 0 aliphatic carbocycles. The van der Waals surface area contributed by atoms with E-state index < -0.39 is 5.91 Å². The number of benzene rings is 2. The van der Waals surface area contributed by atoms with E-state index in [1.54, 1.807) is 24.3 Å². The highest BCUT2D eigenvalue weighted by Crippen LogP contribution is 2.18. The second kappa shape index (κ2) is 10.3. The Kier molecular flexibility index (Phi) is 7.82. The summed E-state index contributed by atoms with van der Waals surface area (Å²) in [6.45, 7) is 7.21. The number of carbonyl (C=O) groups excluding carboxylic acids is 2. The predicted octanol–water partition coefficient (Wildman–Crippen LogP) is 2.32. The minimum absolute atomic E-state index is 0.257. The molecule has 0 radical (unpaired) electrons. The van der Waals surface area contributed by atoms with Crippen molar-refractivity contribution >= 4 is 11.8 Å². The van der Waals surface area contributed by atoms with E-state index in [1.807, 2.05) is 18.2 Å². The Balaban J connectivity index is 2.07. The first-order valence-corrected chi connectivity index (χ1v) is 9.12. The van der Waals surface area contributed by atoms with Crippen LogP contribution in [0.5, 0.6) is 5.75 Å². The zero-order valence-electron chi connectivity index (χ0n) is 15.9. The molecule has 0 fully saturated rings. The molecule has 0 heterocycles. The minimum Gasteiger partial charge on any atom is -0.483 e. The van der Waals surface area contributed by atoms with E-state index in [2.05, 4.69) is 30.1 Å². The number of carbonyl (C=O) groups is 2. The van der Waals surface area contributed by atoms with Crippen molar-refractivity contribution in [3.05, 3.63) is 65.2 Å². The molecule has 0 saturated carbocycles. The molecule has 0 aliphatic rings. The van der Waals surface area contributed by atoms with Gasteiger partial charge in [-0.15, -0.1) is 0 Å². The van der Waals surface area contributed by atoms with Gasteiger partial charge in [0.25, 0.3) is 11.8 Å². The van der Waals surface area contributed by atoms with Gasteiger partial charge in [-0.1, -0.05) is 50.2 Å². The van der Waals surface area contributed by atoms with E-state index in [4.69, 9.17) is 10.5 Å². The number of hydrogen-bond donors (Lipinski definition) is 2. The van der Waals surface area contributed by atoms with Gasteiger partial charge < -0.3 is 15.8 Å². The molecule has 144 valence electrons. The molecule has 0 atom stereocenters. The number of nitrogens with one attached hydrogen (secondary N) is 1. The lowest BCUT2D eigenvalue weighted by molar-refractivity contribution is -0.119. The molecule has 27 heavy (non-hydrogen) atoms. The minimum atomic E-state index is -0.587. The predicted molar refractivity (Wildman–Crippen MR) is 105 cm³/mol. The first-order valence-electron chi connectivity index (χ1n) is 9.12. The number of amides is 2. The summed E-state index contributed by atoms with van der Waals surface area (Å²) in [6.07, 6.45) is 0. The fourth-order valence-electron chi connectivity index (χ4n) is 2.77. The molecule has 0 bridgehead atoms. The molecule has 2 amide bonds. The molecule has 6 nitrogen and oxygen atoms in total. The molecule has 0 aliphatic heterocycles. The van der Waals surface area contributed by atoms with Gasteiger partial charge >= 0.3 is 0 Å². The summed E-state index contributed by atoms with van der Waals surface area (Å²) in [6, 6.07) is 14.9. The second-order valence-electron chi connectivity index (χ2n) is 6.16. The standard InChI is InChI=1S/C21H27N3O3/c1-3-24(4-2)14-17-10-6-5-9-16(17)13-23-21(26)18-11-7-8-12-19(18)27-15-20(22)25/h5-12H,3-4,13-15H2,1-2H3,(H2,22,25)(H,23,26). The number of primary amides is 1. The van der Waals surface area contributed by atoms with Crippen LogP contribution >= 0.6 is 0 Å². The lowest BCUT2D eigenvalue weighted by Crippen LogP contribution is -2.27. The molecule has 0 saturated heterocycles. The Morgan fingerprint density at radius 2 is 1.63 bits per heavy atom. The molecule has 0 unspecified atom stereocenters. The van der Waals surface area contributed by atoms with Gasteiger partial charge in [0.05, 0.1) is 5.56 Å². The fraction of sp³-hybridized carbons (Fsp3) is 0.333. The first-order chi connectivity index (χ1) is 13.0. The highest BCUT2D eigenvalue weighted by molar-refractivity contribution is 5.97. The second-order valence-corrected chi connectivity index (χ2v) is 6.16. The first kappa shape index (κ1) is 20.5. The van der Waals surface area contributed by atoms with Crippen molar-refractivity contribution in [3.8, 4) is 5.75 Å². The van der Waals surface area contributed by atoms with Gasteiger partial charge in [0.1, 0.15) is 5.75 Å². The Hall–Kier alpha value is -2.86. The van der Waals surface area contributed by atoms with E-state index in [1.165, 1.54) is 5.56 Å². The molecule has 2 aromatic rings. The summed E-state index contributed by atoms with van der Waals surface area (Å²) in [5, 5.41) is 2.94. The highest BCUT2D eigenvalue weighted by Gasteiger charge is 2.13. The summed E-state index contributed by atoms with van der Waals surface area (Å²) in [5.74, 6) is -0.506. The molecular formula is C21H27N3O3. The average molecular weight is 369 g/mol. The van der Waals surface area contributed by atoms with Crippen LogP contribution in [0.4, 0.5) is 0 Å². The number of para-hydroxylation sites is 1. The third-order valence-corrected chi connectivity index (χ3v) is 4.35. The van der Waals surface area contributed by atoms with E-state index in [0.717, 1.165) is 25.2 Å².